The summed E-state index contributed by atoms with van der Waals surface area (Å²) in [5, 5.41) is 11.5. The first kappa shape index (κ1) is 23.0. The number of ether oxygens (including phenoxy) is 1. The summed E-state index contributed by atoms with van der Waals surface area (Å²) in [5.74, 6) is 0.552. The Morgan fingerprint density at radius 3 is 2.70 bits per heavy atom. The molecule has 3 aromatic rings. The van der Waals surface area contributed by atoms with Gasteiger partial charge >= 0.3 is 6.18 Å². The van der Waals surface area contributed by atoms with E-state index in [1.54, 1.807) is 42.5 Å². The number of rotatable bonds is 6. The quantitative estimate of drug-likeness (QED) is 0.484. The molecule has 33 heavy (non-hydrogen) atoms. The number of aliphatic imine (C=N–C) groups is 1. The largest absolute Gasteiger partial charge is 0.493 e. The van der Waals surface area contributed by atoms with Crippen molar-refractivity contribution in [1.82, 2.24) is 4.98 Å². The number of aliphatic hydroxyl groups is 1. The average molecular weight is 458 g/mol. The Balaban J connectivity index is 1.78. The lowest BCUT2D eigenvalue weighted by atomic mass is 9.66. The molecular weight excluding hydrogens is 433 g/mol. The topological polar surface area (TPSA) is 74.7 Å². The van der Waals surface area contributed by atoms with E-state index in [0.29, 0.717) is 47.7 Å². The number of nitrogens with zero attached hydrogens (tertiary/aromatic N) is 1. The summed E-state index contributed by atoms with van der Waals surface area (Å²) in [6.45, 7) is 2.19. The second-order valence-electron chi connectivity index (χ2n) is 8.54. The highest BCUT2D eigenvalue weighted by Gasteiger charge is 2.57. The highest BCUT2D eigenvalue weighted by atomic mass is 19.4. The standard InChI is InChI=1S/C25H25F3N2O3/c1-2-12-23(13-14-33-21-9-4-3-6-18(21)23)15-24(32,25(26,27)28)16-29-19-7-5-8-20-17(19)10-11-22(31)30-20/h3-11,16,32H,2,12-15H2,1H3,(H,30,31). The van der Waals surface area contributed by atoms with Gasteiger partial charge in [-0.2, -0.15) is 13.2 Å². The number of hydrogen-bond acceptors (Lipinski definition) is 4. The lowest BCUT2D eigenvalue weighted by Gasteiger charge is -2.43. The van der Waals surface area contributed by atoms with Crippen LogP contribution >= 0.6 is 0 Å². The third-order valence-corrected chi connectivity index (χ3v) is 6.28. The first-order chi connectivity index (χ1) is 15.7. The summed E-state index contributed by atoms with van der Waals surface area (Å²) in [6.07, 6.45) is -3.43. The minimum absolute atomic E-state index is 0.225. The molecule has 0 bridgehead atoms. The number of hydrogen-bond donors (Lipinski definition) is 2. The van der Waals surface area contributed by atoms with Crippen molar-refractivity contribution < 1.29 is 23.0 Å². The molecular formula is C25H25F3N2O3. The zero-order valence-corrected chi connectivity index (χ0v) is 18.2. The van der Waals surface area contributed by atoms with E-state index in [1.807, 2.05) is 6.92 Å². The van der Waals surface area contributed by atoms with E-state index in [2.05, 4.69) is 9.98 Å². The SMILES string of the molecule is CCCC1(CC(O)(C=Nc2cccc3[nH]c(=O)ccc23)C(F)(F)F)CCOc2ccccc21. The normalized spacial score (nSPS) is 20.4. The van der Waals surface area contributed by atoms with Crippen LogP contribution in [-0.4, -0.2) is 34.7 Å². The number of H-pyrrole nitrogens is 1. The number of nitrogens with one attached hydrogen (secondary N) is 1. The first-order valence-corrected chi connectivity index (χ1v) is 10.9. The highest BCUT2D eigenvalue weighted by molar-refractivity contribution is 5.91. The summed E-state index contributed by atoms with van der Waals surface area (Å²) in [4.78, 5) is 18.3. The third-order valence-electron chi connectivity index (χ3n) is 6.28. The maximum atomic E-state index is 14.3. The van der Waals surface area contributed by atoms with Crippen molar-refractivity contribution in [3.8, 4) is 5.75 Å². The van der Waals surface area contributed by atoms with Gasteiger partial charge in [0.05, 0.1) is 17.8 Å². The number of pyridine rings is 1. The van der Waals surface area contributed by atoms with Gasteiger partial charge in [-0.15, -0.1) is 0 Å². The van der Waals surface area contributed by atoms with Crippen molar-refractivity contribution in [3.63, 3.8) is 0 Å². The van der Waals surface area contributed by atoms with Crippen LogP contribution in [0.15, 0.2) is 64.4 Å². The fourth-order valence-electron chi connectivity index (χ4n) is 4.73. The molecule has 8 heteroatoms. The van der Waals surface area contributed by atoms with Crippen molar-refractivity contribution >= 4 is 22.8 Å². The lowest BCUT2D eigenvalue weighted by molar-refractivity contribution is -0.236. The molecule has 4 rings (SSSR count). The van der Waals surface area contributed by atoms with E-state index in [0.717, 1.165) is 0 Å². The van der Waals surface area contributed by atoms with Gasteiger partial charge in [0.2, 0.25) is 5.56 Å². The van der Waals surface area contributed by atoms with Gasteiger partial charge in [-0.3, -0.25) is 9.79 Å². The van der Waals surface area contributed by atoms with Crippen LogP contribution in [0.25, 0.3) is 10.9 Å². The van der Waals surface area contributed by atoms with Gasteiger partial charge in [-0.1, -0.05) is 37.6 Å². The molecule has 0 fully saturated rings. The molecule has 2 N–H and O–H groups in total. The minimum atomic E-state index is -4.94. The minimum Gasteiger partial charge on any atom is -0.493 e. The second-order valence-corrected chi connectivity index (χ2v) is 8.54. The van der Waals surface area contributed by atoms with E-state index in [1.165, 1.54) is 12.1 Å². The molecule has 0 saturated heterocycles. The Hall–Kier alpha value is -3.13. The summed E-state index contributed by atoms with van der Waals surface area (Å²) < 4.78 is 48.6. The van der Waals surface area contributed by atoms with Crippen LogP contribution in [0.2, 0.25) is 0 Å². The highest BCUT2D eigenvalue weighted by Crippen LogP contribution is 2.49. The van der Waals surface area contributed by atoms with Crippen LogP contribution < -0.4 is 10.3 Å². The molecule has 0 saturated carbocycles. The zero-order valence-electron chi connectivity index (χ0n) is 18.2. The maximum Gasteiger partial charge on any atom is 0.422 e. The van der Waals surface area contributed by atoms with Crippen LogP contribution in [0.3, 0.4) is 0 Å². The monoisotopic (exact) mass is 458 g/mol. The second kappa shape index (κ2) is 8.67. The summed E-state index contributed by atoms with van der Waals surface area (Å²) in [6, 6.07) is 14.6. The van der Waals surface area contributed by atoms with Crippen LogP contribution in [-0.2, 0) is 5.41 Å². The third kappa shape index (κ3) is 4.39. The van der Waals surface area contributed by atoms with Crippen molar-refractivity contribution in [2.45, 2.75) is 49.8 Å². The lowest BCUT2D eigenvalue weighted by Crippen LogP contribution is -2.52. The molecule has 5 nitrogen and oxygen atoms in total. The van der Waals surface area contributed by atoms with Gasteiger partial charge in [0.15, 0.2) is 5.60 Å². The van der Waals surface area contributed by atoms with Crippen molar-refractivity contribution in [1.29, 1.82) is 0 Å². The van der Waals surface area contributed by atoms with Gasteiger partial charge < -0.3 is 14.8 Å². The molecule has 0 radical (unpaired) electrons. The van der Waals surface area contributed by atoms with Crippen molar-refractivity contribution in [3.05, 3.63) is 70.5 Å². The number of fused-ring (bicyclic) bond motifs is 2. The van der Waals surface area contributed by atoms with Crippen LogP contribution in [0, 0.1) is 0 Å². The molecule has 1 aromatic heterocycles. The number of benzene rings is 2. The molecule has 0 amide bonds. The Morgan fingerprint density at radius 2 is 1.94 bits per heavy atom. The van der Waals surface area contributed by atoms with Crippen molar-refractivity contribution in [2.75, 3.05) is 6.61 Å². The number of alkyl halides is 3. The van der Waals surface area contributed by atoms with Gasteiger partial charge in [-0.25, -0.2) is 0 Å². The fourth-order valence-corrected chi connectivity index (χ4v) is 4.73. The molecule has 0 aliphatic carbocycles. The van der Waals surface area contributed by atoms with Crippen LogP contribution in [0.1, 0.15) is 38.2 Å². The van der Waals surface area contributed by atoms with Crippen molar-refractivity contribution in [2.24, 2.45) is 4.99 Å². The molecule has 2 atom stereocenters. The smallest absolute Gasteiger partial charge is 0.422 e. The molecule has 174 valence electrons. The fraction of sp³-hybridized carbons (Fsp3) is 0.360. The Bertz CT molecular complexity index is 1240. The average Bonchev–Trinajstić information content (AvgIpc) is 2.77. The molecule has 0 spiro atoms. The number of aromatic amines is 1. The molecule has 1 aliphatic rings. The maximum absolute atomic E-state index is 14.3. The molecule has 2 heterocycles. The Morgan fingerprint density at radius 1 is 1.15 bits per heavy atom. The van der Waals surface area contributed by atoms with Crippen LogP contribution in [0.5, 0.6) is 5.75 Å². The van der Waals surface area contributed by atoms with E-state index < -0.39 is 23.6 Å². The molecule has 1 aliphatic heterocycles. The van der Waals surface area contributed by atoms with Gasteiger partial charge in [0, 0.05) is 35.1 Å². The van der Waals surface area contributed by atoms with E-state index >= 15 is 0 Å². The van der Waals surface area contributed by atoms with Gasteiger partial charge in [0.25, 0.3) is 0 Å². The molecule has 2 aromatic carbocycles. The van der Waals surface area contributed by atoms with E-state index in [-0.39, 0.29) is 17.9 Å². The Labute approximate surface area is 188 Å². The number of halogens is 3. The summed E-state index contributed by atoms with van der Waals surface area (Å²) in [7, 11) is 0. The number of para-hydroxylation sites is 1. The van der Waals surface area contributed by atoms with E-state index in [9.17, 15) is 23.1 Å². The van der Waals surface area contributed by atoms with Crippen LogP contribution in [0.4, 0.5) is 18.9 Å². The van der Waals surface area contributed by atoms with E-state index in [4.69, 9.17) is 4.74 Å². The number of aromatic nitrogens is 1. The summed E-state index contributed by atoms with van der Waals surface area (Å²) in [5.41, 5.74) is -3.04. The van der Waals surface area contributed by atoms with Gasteiger partial charge in [-0.05, 0) is 37.1 Å². The predicted molar refractivity (Wildman–Crippen MR) is 121 cm³/mol. The zero-order chi connectivity index (χ0) is 23.7. The summed E-state index contributed by atoms with van der Waals surface area (Å²) >= 11 is 0. The Kier molecular flexibility index (Phi) is 6.05. The predicted octanol–water partition coefficient (Wildman–Crippen LogP) is 5.43. The van der Waals surface area contributed by atoms with Gasteiger partial charge in [0.1, 0.15) is 5.75 Å². The molecule has 2 unspecified atom stereocenters. The first-order valence-electron chi connectivity index (χ1n) is 10.9.